The molecule has 1 N–H and O–H groups in total. The van der Waals surface area contributed by atoms with E-state index in [4.69, 9.17) is 4.74 Å². The molecule has 10 heteroatoms. The van der Waals surface area contributed by atoms with E-state index < -0.39 is 18.2 Å². The molecule has 5 heterocycles. The van der Waals surface area contributed by atoms with E-state index in [0.717, 1.165) is 53.5 Å². The SMILES string of the molecule is Cc1cccc2c1n(-c1ccc(-c3cncc4c3cnn4C3CCCCO3)cn1)c(=O)n2CC(=O)O. The number of aryl methyl sites for hydroxylation is 1. The summed E-state index contributed by atoms with van der Waals surface area (Å²) in [4.78, 5) is 33.7. The van der Waals surface area contributed by atoms with Gasteiger partial charge in [-0.3, -0.25) is 14.3 Å². The van der Waals surface area contributed by atoms with Crippen molar-refractivity contribution in [3.63, 3.8) is 0 Å². The molecule has 1 unspecified atom stereocenters. The second-order valence-corrected chi connectivity index (χ2v) is 8.98. The summed E-state index contributed by atoms with van der Waals surface area (Å²) in [6.07, 6.45) is 10.1. The van der Waals surface area contributed by atoms with E-state index in [1.807, 2.05) is 36.0 Å². The number of para-hydroxylation sites is 1. The Morgan fingerprint density at radius 2 is 2.00 bits per heavy atom. The minimum absolute atomic E-state index is 0.0907. The van der Waals surface area contributed by atoms with Crippen LogP contribution in [0.1, 0.15) is 31.1 Å². The van der Waals surface area contributed by atoms with E-state index in [1.165, 1.54) is 9.13 Å². The molecule has 4 aromatic heterocycles. The number of nitrogens with zero attached hydrogens (tertiary/aromatic N) is 6. The van der Waals surface area contributed by atoms with Gasteiger partial charge in [0.05, 0.1) is 28.9 Å². The zero-order valence-electron chi connectivity index (χ0n) is 19.7. The van der Waals surface area contributed by atoms with Gasteiger partial charge in [0.1, 0.15) is 12.4 Å². The first-order valence-corrected chi connectivity index (χ1v) is 11.8. The van der Waals surface area contributed by atoms with Crippen molar-refractivity contribution in [1.82, 2.24) is 28.9 Å². The Hall–Kier alpha value is -4.31. The van der Waals surface area contributed by atoms with Crippen LogP contribution in [0.3, 0.4) is 0 Å². The van der Waals surface area contributed by atoms with Crippen molar-refractivity contribution in [3.8, 4) is 16.9 Å². The molecule has 10 nitrogen and oxygen atoms in total. The lowest BCUT2D eigenvalue weighted by atomic mass is 10.1. The third-order valence-corrected chi connectivity index (χ3v) is 6.69. The molecule has 1 atom stereocenters. The minimum atomic E-state index is -1.08. The van der Waals surface area contributed by atoms with Crippen molar-refractivity contribution in [3.05, 3.63) is 71.2 Å². The number of pyridine rings is 2. The first-order chi connectivity index (χ1) is 17.5. The van der Waals surface area contributed by atoms with Crippen molar-refractivity contribution < 1.29 is 14.6 Å². The van der Waals surface area contributed by atoms with Crippen LogP contribution in [0.5, 0.6) is 0 Å². The van der Waals surface area contributed by atoms with Gasteiger partial charge >= 0.3 is 11.7 Å². The normalized spacial score (nSPS) is 16.1. The van der Waals surface area contributed by atoms with Crippen LogP contribution in [-0.4, -0.2) is 46.6 Å². The number of fused-ring (bicyclic) bond motifs is 2. The van der Waals surface area contributed by atoms with Gasteiger partial charge in [-0.2, -0.15) is 5.10 Å². The van der Waals surface area contributed by atoms with Gasteiger partial charge in [0.2, 0.25) is 0 Å². The maximum Gasteiger partial charge on any atom is 0.335 e. The summed E-state index contributed by atoms with van der Waals surface area (Å²) in [6.45, 7) is 2.19. The molecule has 1 aromatic carbocycles. The number of carboxylic acids is 1. The van der Waals surface area contributed by atoms with Gasteiger partial charge in [0.25, 0.3) is 0 Å². The minimum Gasteiger partial charge on any atom is -0.480 e. The molecule has 0 radical (unpaired) electrons. The Kier molecular flexibility index (Phi) is 5.37. The fourth-order valence-corrected chi connectivity index (χ4v) is 4.99. The van der Waals surface area contributed by atoms with Gasteiger partial charge in [0, 0.05) is 35.5 Å². The molecule has 1 saturated heterocycles. The van der Waals surface area contributed by atoms with Gasteiger partial charge in [-0.25, -0.2) is 19.0 Å². The summed E-state index contributed by atoms with van der Waals surface area (Å²) in [5, 5.41) is 14.9. The number of aromatic nitrogens is 6. The fourth-order valence-electron chi connectivity index (χ4n) is 4.99. The van der Waals surface area contributed by atoms with Crippen LogP contribution in [0.2, 0.25) is 0 Å². The molecule has 1 aliphatic heterocycles. The zero-order valence-corrected chi connectivity index (χ0v) is 19.7. The second kappa shape index (κ2) is 8.72. The number of rotatable bonds is 5. The molecule has 0 saturated carbocycles. The van der Waals surface area contributed by atoms with Crippen LogP contribution in [0.15, 0.2) is 59.9 Å². The van der Waals surface area contributed by atoms with Gasteiger partial charge in [-0.05, 0) is 49.9 Å². The van der Waals surface area contributed by atoms with E-state index in [2.05, 4.69) is 15.1 Å². The molecule has 6 rings (SSSR count). The van der Waals surface area contributed by atoms with Gasteiger partial charge in [0.15, 0.2) is 6.23 Å². The highest BCUT2D eigenvalue weighted by Crippen LogP contribution is 2.31. The zero-order chi connectivity index (χ0) is 24.8. The largest absolute Gasteiger partial charge is 0.480 e. The van der Waals surface area contributed by atoms with E-state index in [-0.39, 0.29) is 6.23 Å². The fraction of sp³-hybridized carbons (Fsp3) is 0.269. The Morgan fingerprint density at radius 3 is 2.75 bits per heavy atom. The van der Waals surface area contributed by atoms with Crippen molar-refractivity contribution in [2.45, 2.75) is 39.0 Å². The lowest BCUT2D eigenvalue weighted by Crippen LogP contribution is -2.26. The quantitative estimate of drug-likeness (QED) is 0.404. The Bertz CT molecular complexity index is 1660. The summed E-state index contributed by atoms with van der Waals surface area (Å²) < 4.78 is 10.5. The number of benzene rings is 1. The summed E-state index contributed by atoms with van der Waals surface area (Å²) in [5.74, 6) is -0.667. The van der Waals surface area contributed by atoms with Crippen molar-refractivity contribution in [1.29, 1.82) is 0 Å². The van der Waals surface area contributed by atoms with Crippen LogP contribution in [0.25, 0.3) is 38.9 Å². The highest BCUT2D eigenvalue weighted by Gasteiger charge is 2.21. The summed E-state index contributed by atoms with van der Waals surface area (Å²) in [7, 11) is 0. The molecule has 1 aliphatic rings. The smallest absolute Gasteiger partial charge is 0.335 e. The number of imidazole rings is 1. The summed E-state index contributed by atoms with van der Waals surface area (Å²) in [6, 6.07) is 9.09. The molecule has 5 aromatic rings. The summed E-state index contributed by atoms with van der Waals surface area (Å²) in [5.41, 5.74) is 4.21. The average Bonchev–Trinajstić information content (AvgIpc) is 3.45. The van der Waals surface area contributed by atoms with Crippen molar-refractivity contribution in [2.24, 2.45) is 0 Å². The molecule has 0 spiro atoms. The third kappa shape index (κ3) is 3.57. The van der Waals surface area contributed by atoms with Crippen LogP contribution in [0, 0.1) is 6.92 Å². The lowest BCUT2D eigenvalue weighted by Gasteiger charge is -2.23. The number of carboxylic acid groups (broad SMARTS) is 1. The van der Waals surface area contributed by atoms with E-state index in [9.17, 15) is 14.7 Å². The molecule has 36 heavy (non-hydrogen) atoms. The van der Waals surface area contributed by atoms with E-state index >= 15 is 0 Å². The standard InChI is InChI=1S/C26H24N6O4/c1-16-5-4-6-20-25(16)31(26(35)30(20)15-24(33)34)22-9-8-17(11-28-22)18-12-27-14-21-19(18)13-29-32(21)23-7-2-3-10-36-23/h4-6,8-9,11-14,23H,2-3,7,10,15H2,1H3,(H,33,34). The lowest BCUT2D eigenvalue weighted by molar-refractivity contribution is -0.137. The molecular weight excluding hydrogens is 460 g/mol. The predicted molar refractivity (Wildman–Crippen MR) is 133 cm³/mol. The number of hydrogen-bond acceptors (Lipinski definition) is 6. The van der Waals surface area contributed by atoms with Crippen LogP contribution in [-0.2, 0) is 16.1 Å². The Labute approximate surface area is 205 Å². The highest BCUT2D eigenvalue weighted by atomic mass is 16.5. The molecule has 1 fully saturated rings. The van der Waals surface area contributed by atoms with Gasteiger partial charge < -0.3 is 9.84 Å². The molecule has 0 bridgehead atoms. The Morgan fingerprint density at radius 1 is 1.11 bits per heavy atom. The number of carbonyl (C=O) groups is 1. The molecular formula is C26H24N6O4. The highest BCUT2D eigenvalue weighted by molar-refractivity contribution is 5.93. The second-order valence-electron chi connectivity index (χ2n) is 8.98. The topological polar surface area (TPSA) is 117 Å². The summed E-state index contributed by atoms with van der Waals surface area (Å²) >= 11 is 0. The number of ether oxygens (including phenoxy) is 1. The van der Waals surface area contributed by atoms with Gasteiger partial charge in [-0.15, -0.1) is 0 Å². The first kappa shape index (κ1) is 22.2. The van der Waals surface area contributed by atoms with Crippen LogP contribution in [0.4, 0.5) is 0 Å². The van der Waals surface area contributed by atoms with E-state index in [0.29, 0.717) is 16.9 Å². The van der Waals surface area contributed by atoms with Crippen LogP contribution >= 0.6 is 0 Å². The monoisotopic (exact) mass is 484 g/mol. The predicted octanol–water partition coefficient (Wildman–Crippen LogP) is 3.69. The third-order valence-electron chi connectivity index (χ3n) is 6.69. The van der Waals surface area contributed by atoms with Crippen molar-refractivity contribution >= 4 is 27.9 Å². The first-order valence-electron chi connectivity index (χ1n) is 11.8. The number of aliphatic carboxylic acids is 1. The molecule has 182 valence electrons. The average molecular weight is 485 g/mol. The van der Waals surface area contributed by atoms with Crippen LogP contribution < -0.4 is 5.69 Å². The maximum atomic E-state index is 13.2. The maximum absolute atomic E-state index is 13.2. The van der Waals surface area contributed by atoms with E-state index in [1.54, 1.807) is 30.7 Å². The van der Waals surface area contributed by atoms with Crippen molar-refractivity contribution in [2.75, 3.05) is 6.61 Å². The molecule has 0 amide bonds. The van der Waals surface area contributed by atoms with Gasteiger partial charge in [-0.1, -0.05) is 12.1 Å². The number of hydrogen-bond donors (Lipinski definition) is 1. The Balaban J connectivity index is 1.43. The molecule has 0 aliphatic carbocycles.